The van der Waals surface area contributed by atoms with Crippen molar-refractivity contribution >= 4 is 34.1 Å². The highest BCUT2D eigenvalue weighted by atomic mass is 32.1. The lowest BCUT2D eigenvalue weighted by molar-refractivity contribution is 0.102. The molecule has 5 nitrogen and oxygen atoms in total. The van der Waals surface area contributed by atoms with E-state index in [1.165, 1.54) is 4.88 Å². The third-order valence-corrected chi connectivity index (χ3v) is 8.73. The number of carbonyl (C=O) groups is 1. The monoisotopic (exact) mass is 566 g/mol. The van der Waals surface area contributed by atoms with Gasteiger partial charge in [-0.3, -0.25) is 4.79 Å². The molecule has 0 fully saturated rings. The van der Waals surface area contributed by atoms with Gasteiger partial charge in [0.2, 0.25) is 0 Å². The average molecular weight is 567 g/mol. The van der Waals surface area contributed by atoms with Crippen molar-refractivity contribution in [3.63, 3.8) is 0 Å². The fourth-order valence-corrected chi connectivity index (χ4v) is 6.48. The van der Waals surface area contributed by atoms with Crippen molar-refractivity contribution in [1.82, 2.24) is 0 Å². The van der Waals surface area contributed by atoms with Crippen LogP contribution in [0.3, 0.4) is 0 Å². The number of nitrogens with zero attached hydrogens (tertiary/aromatic N) is 1. The number of nitrogens with one attached hydrogen (secondary N) is 1. The van der Waals surface area contributed by atoms with Crippen molar-refractivity contribution in [3.8, 4) is 11.5 Å². The summed E-state index contributed by atoms with van der Waals surface area (Å²) in [7, 11) is 0. The number of hydrogen-bond acceptors (Lipinski definition) is 5. The van der Waals surface area contributed by atoms with E-state index < -0.39 is 0 Å². The van der Waals surface area contributed by atoms with E-state index in [0.717, 1.165) is 46.6 Å². The van der Waals surface area contributed by atoms with E-state index in [1.54, 1.807) is 11.3 Å². The first-order valence-electron chi connectivity index (χ1n) is 14.3. The number of fused-ring (bicyclic) bond motifs is 1. The minimum absolute atomic E-state index is 0.102. The number of carbonyl (C=O) groups excluding carboxylic acids is 1. The molecule has 3 aromatic carbocycles. The Hall–Kier alpha value is -3.90. The molecule has 1 N–H and O–H groups in total. The Morgan fingerprint density at radius 2 is 1.73 bits per heavy atom. The molecule has 0 spiro atoms. The lowest BCUT2D eigenvalue weighted by atomic mass is 9.72. The van der Waals surface area contributed by atoms with Crippen molar-refractivity contribution in [2.45, 2.75) is 53.6 Å². The first-order valence-corrected chi connectivity index (χ1v) is 15.1. The van der Waals surface area contributed by atoms with Gasteiger partial charge in [0.05, 0.1) is 12.2 Å². The third-order valence-electron chi connectivity index (χ3n) is 7.57. The largest absolute Gasteiger partial charge is 0.490 e. The van der Waals surface area contributed by atoms with Gasteiger partial charge < -0.3 is 14.8 Å². The van der Waals surface area contributed by atoms with Gasteiger partial charge in [0.25, 0.3) is 5.91 Å². The Kier molecular flexibility index (Phi) is 8.89. The number of rotatable bonds is 9. The molecule has 1 aliphatic carbocycles. The van der Waals surface area contributed by atoms with Gasteiger partial charge in [-0.15, -0.1) is 11.3 Å². The number of amides is 1. The predicted molar refractivity (Wildman–Crippen MR) is 169 cm³/mol. The van der Waals surface area contributed by atoms with E-state index in [1.807, 2.05) is 92.0 Å². The number of thiophene rings is 1. The fraction of sp³-hybridized carbons (Fsp3) is 0.314. The van der Waals surface area contributed by atoms with Crippen LogP contribution in [-0.4, -0.2) is 18.7 Å². The van der Waals surface area contributed by atoms with Crippen molar-refractivity contribution < 1.29 is 14.3 Å². The summed E-state index contributed by atoms with van der Waals surface area (Å²) in [5.74, 6) is 1.84. The topological polar surface area (TPSA) is 59.9 Å². The van der Waals surface area contributed by atoms with Crippen LogP contribution in [0.4, 0.5) is 10.7 Å². The lowest BCUT2D eigenvalue weighted by Gasteiger charge is -2.33. The molecule has 1 aromatic heterocycles. The van der Waals surface area contributed by atoms with Crippen LogP contribution in [0.2, 0.25) is 0 Å². The molecule has 0 saturated carbocycles. The van der Waals surface area contributed by atoms with Crippen molar-refractivity contribution in [2.24, 2.45) is 16.3 Å². The van der Waals surface area contributed by atoms with Crippen molar-refractivity contribution in [3.05, 3.63) is 106 Å². The van der Waals surface area contributed by atoms with Gasteiger partial charge in [-0.25, -0.2) is 4.99 Å². The van der Waals surface area contributed by atoms with Crippen LogP contribution < -0.4 is 14.8 Å². The molecular formula is C35H38N2O3S. The maximum atomic E-state index is 13.6. The van der Waals surface area contributed by atoms with Gasteiger partial charge >= 0.3 is 0 Å². The van der Waals surface area contributed by atoms with E-state index in [9.17, 15) is 4.79 Å². The van der Waals surface area contributed by atoms with Crippen LogP contribution >= 0.6 is 11.3 Å². The standard InChI is InChI=1S/C35H38N2O3S/c1-5-39-30-20-25(16-19-29(30)40-23-24-12-8-6-9-13-24)22-36-34-32(33(38)37-27-14-10-7-11-15-27)28-18-17-26(35(2,3)4)21-31(28)41-34/h6-16,19-20,22,26H,5,17-18,21,23H2,1-4H3,(H,37,38)/t26-/m0/s1. The molecule has 1 aliphatic rings. The zero-order valence-electron chi connectivity index (χ0n) is 24.3. The lowest BCUT2D eigenvalue weighted by Crippen LogP contribution is -2.27. The van der Waals surface area contributed by atoms with Crippen molar-refractivity contribution in [1.29, 1.82) is 0 Å². The van der Waals surface area contributed by atoms with Gasteiger partial charge in [0.15, 0.2) is 11.5 Å². The number of benzene rings is 3. The molecule has 5 rings (SSSR count). The quantitative estimate of drug-likeness (QED) is 0.206. The van der Waals surface area contributed by atoms with Crippen LogP contribution in [0, 0.1) is 11.3 Å². The maximum absolute atomic E-state index is 13.6. The van der Waals surface area contributed by atoms with Crippen molar-refractivity contribution in [2.75, 3.05) is 11.9 Å². The molecular weight excluding hydrogens is 528 g/mol. The molecule has 41 heavy (non-hydrogen) atoms. The molecule has 0 unspecified atom stereocenters. The summed E-state index contributed by atoms with van der Waals surface area (Å²) in [4.78, 5) is 19.8. The summed E-state index contributed by atoms with van der Waals surface area (Å²) in [5.41, 5.74) is 4.83. The predicted octanol–water partition coefficient (Wildman–Crippen LogP) is 8.88. The minimum atomic E-state index is -0.102. The Labute approximate surface area is 247 Å². The van der Waals surface area contributed by atoms with E-state index >= 15 is 0 Å². The molecule has 4 aromatic rings. The molecule has 1 atom stereocenters. The van der Waals surface area contributed by atoms with E-state index in [2.05, 4.69) is 26.1 Å². The molecule has 0 saturated heterocycles. The molecule has 0 aliphatic heterocycles. The Morgan fingerprint density at radius 1 is 1.00 bits per heavy atom. The second kappa shape index (κ2) is 12.7. The summed E-state index contributed by atoms with van der Waals surface area (Å²) in [6.07, 6.45) is 4.76. The van der Waals surface area contributed by atoms with Crippen LogP contribution in [0.5, 0.6) is 11.5 Å². The van der Waals surface area contributed by atoms with Crippen LogP contribution in [0.1, 0.15) is 66.0 Å². The first kappa shape index (κ1) is 28.6. The van der Waals surface area contributed by atoms with Gasteiger partial charge in [-0.05, 0) is 84.5 Å². The molecule has 1 amide bonds. The summed E-state index contributed by atoms with van der Waals surface area (Å²) < 4.78 is 12.0. The van der Waals surface area contributed by atoms with Gasteiger partial charge in [0, 0.05) is 16.8 Å². The zero-order valence-corrected chi connectivity index (χ0v) is 25.1. The number of hydrogen-bond donors (Lipinski definition) is 1. The highest BCUT2D eigenvalue weighted by Crippen LogP contribution is 2.45. The summed E-state index contributed by atoms with van der Waals surface area (Å²) in [6.45, 7) is 9.87. The highest BCUT2D eigenvalue weighted by Gasteiger charge is 2.33. The number of ether oxygens (including phenoxy) is 2. The smallest absolute Gasteiger partial charge is 0.259 e. The second-order valence-corrected chi connectivity index (χ2v) is 12.6. The van der Waals surface area contributed by atoms with E-state index in [0.29, 0.717) is 36.2 Å². The van der Waals surface area contributed by atoms with Crippen LogP contribution in [-0.2, 0) is 19.4 Å². The SMILES string of the molecule is CCOc1cc(C=Nc2sc3c(c2C(=O)Nc2ccccc2)CC[C@H](C(C)(C)C)C3)ccc1OCc1ccccc1. The van der Waals surface area contributed by atoms with Crippen LogP contribution in [0.15, 0.2) is 83.9 Å². The highest BCUT2D eigenvalue weighted by molar-refractivity contribution is 7.16. The summed E-state index contributed by atoms with van der Waals surface area (Å²) in [6, 6.07) is 25.5. The number of aliphatic imine (C=N–C) groups is 1. The average Bonchev–Trinajstić information content (AvgIpc) is 3.34. The molecule has 1 heterocycles. The number of anilines is 1. The van der Waals surface area contributed by atoms with E-state index in [4.69, 9.17) is 14.5 Å². The maximum Gasteiger partial charge on any atom is 0.259 e. The zero-order chi connectivity index (χ0) is 28.8. The van der Waals surface area contributed by atoms with Gasteiger partial charge in [-0.2, -0.15) is 0 Å². The minimum Gasteiger partial charge on any atom is -0.490 e. The molecule has 6 heteroatoms. The third kappa shape index (κ3) is 7.06. The Bertz CT molecular complexity index is 1500. The molecule has 0 bridgehead atoms. The summed E-state index contributed by atoms with van der Waals surface area (Å²) >= 11 is 1.65. The fourth-order valence-electron chi connectivity index (χ4n) is 5.21. The molecule has 212 valence electrons. The van der Waals surface area contributed by atoms with Gasteiger partial charge in [-0.1, -0.05) is 69.3 Å². The van der Waals surface area contributed by atoms with E-state index in [-0.39, 0.29) is 11.3 Å². The number of para-hydroxylation sites is 1. The second-order valence-electron chi connectivity index (χ2n) is 11.5. The summed E-state index contributed by atoms with van der Waals surface area (Å²) in [5, 5.41) is 3.84. The first-order chi connectivity index (χ1) is 19.8. The normalized spacial score (nSPS) is 15.0. The Balaban J connectivity index is 1.43. The Morgan fingerprint density at radius 3 is 2.44 bits per heavy atom. The molecule has 0 radical (unpaired) electrons. The van der Waals surface area contributed by atoms with Gasteiger partial charge in [0.1, 0.15) is 11.6 Å². The van der Waals surface area contributed by atoms with Crippen LogP contribution in [0.25, 0.3) is 0 Å².